The van der Waals surface area contributed by atoms with E-state index in [1.165, 1.54) is 104 Å². The molecule has 7 aromatic rings. The molecule has 0 N–H and O–H groups in total. The zero-order valence-electron chi connectivity index (χ0n) is 30.1. The monoisotopic (exact) mass is 669 g/mol. The summed E-state index contributed by atoms with van der Waals surface area (Å²) in [6.07, 6.45) is 7.12. The van der Waals surface area contributed by atoms with Crippen LogP contribution in [-0.2, 0) is 10.8 Å². The van der Waals surface area contributed by atoms with Crippen LogP contribution in [-0.4, -0.2) is 0 Å². The quantitative estimate of drug-likeness (QED) is 0.169. The lowest BCUT2D eigenvalue weighted by atomic mass is 9.43. The summed E-state index contributed by atoms with van der Waals surface area (Å²) in [7, 11) is 0. The van der Waals surface area contributed by atoms with Gasteiger partial charge in [-0.15, -0.1) is 0 Å². The number of rotatable bonds is 3. The van der Waals surface area contributed by atoms with Gasteiger partial charge in [-0.1, -0.05) is 117 Å². The van der Waals surface area contributed by atoms with Gasteiger partial charge in [-0.25, -0.2) is 0 Å². The smallest absolute Gasteiger partial charge is 0.0468 e. The molecule has 4 bridgehead atoms. The zero-order chi connectivity index (χ0) is 34.3. The molecule has 1 nitrogen and oxygen atoms in total. The standard InChI is InChI=1S/C51H43N/c1-50(2)46-13-7-5-11-42(46)44-21-18-39(30-49(44)50)52(37-17-20-41-34(28-37)16-15-33-9-3-4-10-40(33)41)38-19-22-48-45(29-38)43-12-6-8-14-47(43)51(48)35-24-31-23-32(26-35)27-36(51)25-31/h3-22,28-32,35-36H,23-27H2,1-2H3. The fourth-order valence-electron chi connectivity index (χ4n) is 12.7. The van der Waals surface area contributed by atoms with Crippen LogP contribution in [0.25, 0.3) is 43.8 Å². The van der Waals surface area contributed by atoms with Crippen LogP contribution in [0.3, 0.4) is 0 Å². The molecular formula is C51H43N. The predicted molar refractivity (Wildman–Crippen MR) is 217 cm³/mol. The molecule has 4 fully saturated rings. The maximum Gasteiger partial charge on any atom is 0.0468 e. The largest absolute Gasteiger partial charge is 0.310 e. The Morgan fingerprint density at radius 2 is 0.981 bits per heavy atom. The molecule has 0 radical (unpaired) electrons. The predicted octanol–water partition coefficient (Wildman–Crippen LogP) is 13.5. The normalized spacial score (nSPS) is 25.3. The van der Waals surface area contributed by atoms with Crippen molar-refractivity contribution in [1.29, 1.82) is 0 Å². The Labute approximate surface area is 306 Å². The molecule has 0 unspecified atom stereocenters. The van der Waals surface area contributed by atoms with Crippen molar-refractivity contribution in [3.63, 3.8) is 0 Å². The van der Waals surface area contributed by atoms with E-state index in [1.54, 1.807) is 11.1 Å². The van der Waals surface area contributed by atoms with Gasteiger partial charge < -0.3 is 4.90 Å². The first-order valence-corrected chi connectivity index (χ1v) is 19.7. The lowest BCUT2D eigenvalue weighted by molar-refractivity contribution is -0.0399. The van der Waals surface area contributed by atoms with Crippen LogP contribution < -0.4 is 4.90 Å². The minimum absolute atomic E-state index is 0.0708. The fraction of sp³-hybridized carbons (Fsp3) is 0.255. The first kappa shape index (κ1) is 29.4. The summed E-state index contributed by atoms with van der Waals surface area (Å²) in [5.41, 5.74) is 15.5. The van der Waals surface area contributed by atoms with Crippen molar-refractivity contribution in [2.75, 3.05) is 4.90 Å². The van der Waals surface area contributed by atoms with Crippen LogP contribution in [0.1, 0.15) is 68.2 Å². The van der Waals surface area contributed by atoms with E-state index in [4.69, 9.17) is 0 Å². The number of benzene rings is 7. The third-order valence-electron chi connectivity index (χ3n) is 14.6. The van der Waals surface area contributed by atoms with Crippen molar-refractivity contribution >= 4 is 38.6 Å². The summed E-state index contributed by atoms with van der Waals surface area (Å²) in [5.74, 6) is 3.42. The van der Waals surface area contributed by atoms with Gasteiger partial charge in [0.1, 0.15) is 0 Å². The van der Waals surface area contributed by atoms with Gasteiger partial charge >= 0.3 is 0 Å². The lowest BCUT2D eigenvalue weighted by Crippen LogP contribution is -2.55. The minimum Gasteiger partial charge on any atom is -0.310 e. The third-order valence-corrected chi connectivity index (χ3v) is 14.6. The highest BCUT2D eigenvalue weighted by Crippen LogP contribution is 2.69. The highest BCUT2D eigenvalue weighted by molar-refractivity contribution is 6.08. The van der Waals surface area contributed by atoms with Gasteiger partial charge in [-0.05, 0) is 158 Å². The van der Waals surface area contributed by atoms with Gasteiger partial charge in [-0.2, -0.15) is 0 Å². The second kappa shape index (κ2) is 10.3. The maximum absolute atomic E-state index is 2.57. The first-order chi connectivity index (χ1) is 25.5. The SMILES string of the molecule is CC1(C)c2ccccc2-c2ccc(N(c3ccc4c(c3)-c3ccccc3C43C4CC5CC(C4)CC3C5)c3ccc4c(ccc5ccccc54)c3)cc21. The van der Waals surface area contributed by atoms with E-state index in [0.29, 0.717) is 0 Å². The molecule has 6 aliphatic rings. The highest BCUT2D eigenvalue weighted by Gasteiger charge is 2.61. The van der Waals surface area contributed by atoms with Crippen LogP contribution >= 0.6 is 0 Å². The average molecular weight is 670 g/mol. The third kappa shape index (κ3) is 3.74. The Hall–Kier alpha value is -5.14. The Kier molecular flexibility index (Phi) is 5.81. The summed E-state index contributed by atoms with van der Waals surface area (Å²) in [5, 5.41) is 5.18. The molecule has 0 aromatic heterocycles. The molecule has 1 spiro atoms. The van der Waals surface area contributed by atoms with E-state index in [2.05, 4.69) is 158 Å². The number of hydrogen-bond donors (Lipinski definition) is 0. The molecule has 1 heteroatoms. The summed E-state index contributed by atoms with van der Waals surface area (Å²) in [6, 6.07) is 53.8. The number of hydrogen-bond acceptors (Lipinski definition) is 1. The second-order valence-electron chi connectivity index (χ2n) is 17.4. The topological polar surface area (TPSA) is 3.24 Å². The Balaban J connectivity index is 1.07. The summed E-state index contributed by atoms with van der Waals surface area (Å²) < 4.78 is 0. The lowest BCUT2D eigenvalue weighted by Gasteiger charge is -2.61. The van der Waals surface area contributed by atoms with E-state index in [0.717, 1.165) is 23.7 Å². The highest BCUT2D eigenvalue weighted by atomic mass is 15.1. The van der Waals surface area contributed by atoms with E-state index >= 15 is 0 Å². The van der Waals surface area contributed by atoms with Gasteiger partial charge in [0.2, 0.25) is 0 Å². The molecule has 0 heterocycles. The van der Waals surface area contributed by atoms with Gasteiger partial charge in [0.15, 0.2) is 0 Å². The van der Waals surface area contributed by atoms with Gasteiger partial charge in [0.25, 0.3) is 0 Å². The summed E-state index contributed by atoms with van der Waals surface area (Å²) in [4.78, 5) is 2.54. The fourth-order valence-corrected chi connectivity index (χ4v) is 12.7. The van der Waals surface area contributed by atoms with Crippen LogP contribution in [0.5, 0.6) is 0 Å². The van der Waals surface area contributed by atoms with Crippen molar-refractivity contribution in [3.05, 3.63) is 162 Å². The molecule has 0 amide bonds. The van der Waals surface area contributed by atoms with Crippen molar-refractivity contribution in [3.8, 4) is 22.3 Å². The maximum atomic E-state index is 2.57. The van der Waals surface area contributed by atoms with Crippen molar-refractivity contribution in [1.82, 2.24) is 0 Å². The van der Waals surface area contributed by atoms with E-state index in [-0.39, 0.29) is 10.8 Å². The molecule has 0 aliphatic heterocycles. The van der Waals surface area contributed by atoms with Crippen LogP contribution in [0.4, 0.5) is 17.1 Å². The number of nitrogens with zero attached hydrogens (tertiary/aromatic N) is 1. The molecule has 7 aromatic carbocycles. The number of anilines is 3. The summed E-state index contributed by atoms with van der Waals surface area (Å²) >= 11 is 0. The molecule has 0 atom stereocenters. The molecule has 13 rings (SSSR count). The number of fused-ring (bicyclic) bond motifs is 9. The first-order valence-electron chi connectivity index (χ1n) is 19.7. The average Bonchev–Trinajstić information content (AvgIpc) is 3.59. The summed E-state index contributed by atoms with van der Waals surface area (Å²) in [6.45, 7) is 4.79. The molecule has 4 saturated carbocycles. The molecule has 0 saturated heterocycles. The molecule has 52 heavy (non-hydrogen) atoms. The minimum atomic E-state index is -0.0708. The van der Waals surface area contributed by atoms with Crippen LogP contribution in [0.15, 0.2) is 140 Å². The van der Waals surface area contributed by atoms with Crippen molar-refractivity contribution < 1.29 is 0 Å². The molecule has 252 valence electrons. The van der Waals surface area contributed by atoms with Crippen LogP contribution in [0.2, 0.25) is 0 Å². The zero-order valence-corrected chi connectivity index (χ0v) is 30.1. The Morgan fingerprint density at radius 3 is 1.79 bits per heavy atom. The molecular weight excluding hydrogens is 627 g/mol. The van der Waals surface area contributed by atoms with Crippen LogP contribution in [0, 0.1) is 23.7 Å². The van der Waals surface area contributed by atoms with Crippen molar-refractivity contribution in [2.24, 2.45) is 23.7 Å². The van der Waals surface area contributed by atoms with E-state index in [1.807, 2.05) is 0 Å². The Morgan fingerprint density at radius 1 is 0.423 bits per heavy atom. The van der Waals surface area contributed by atoms with E-state index < -0.39 is 0 Å². The second-order valence-corrected chi connectivity index (χ2v) is 17.4. The van der Waals surface area contributed by atoms with E-state index in [9.17, 15) is 0 Å². The van der Waals surface area contributed by atoms with Crippen molar-refractivity contribution in [2.45, 2.75) is 56.8 Å². The van der Waals surface area contributed by atoms with Gasteiger partial charge in [0, 0.05) is 27.9 Å². The van der Waals surface area contributed by atoms with Gasteiger partial charge in [0.05, 0.1) is 0 Å². The molecule has 6 aliphatic carbocycles. The Bertz CT molecular complexity index is 2610. The van der Waals surface area contributed by atoms with Gasteiger partial charge in [-0.3, -0.25) is 0 Å².